The SMILES string of the molecule is CCCOC(=O)c1ccc(NCC(=O)Nc2ccc(C(=O)NCc3ccccc3)cc2)cc1. The molecule has 0 aromatic heterocycles. The fraction of sp³-hybridized carbons (Fsp3) is 0.192. The molecule has 0 heterocycles. The van der Waals surface area contributed by atoms with Crippen molar-refractivity contribution in [3.8, 4) is 0 Å². The summed E-state index contributed by atoms with van der Waals surface area (Å²) in [6.07, 6.45) is 0.769. The van der Waals surface area contributed by atoms with Gasteiger partial charge in [0.2, 0.25) is 5.91 Å². The average Bonchev–Trinajstić information content (AvgIpc) is 2.86. The van der Waals surface area contributed by atoms with Crippen LogP contribution in [0.15, 0.2) is 78.9 Å². The van der Waals surface area contributed by atoms with Crippen LogP contribution in [-0.4, -0.2) is 30.9 Å². The van der Waals surface area contributed by atoms with E-state index in [1.807, 2.05) is 37.3 Å². The van der Waals surface area contributed by atoms with Crippen LogP contribution in [0.3, 0.4) is 0 Å². The molecule has 0 bridgehead atoms. The van der Waals surface area contributed by atoms with Crippen molar-refractivity contribution < 1.29 is 19.1 Å². The number of rotatable bonds is 10. The summed E-state index contributed by atoms with van der Waals surface area (Å²) in [5.74, 6) is -0.776. The maximum Gasteiger partial charge on any atom is 0.338 e. The van der Waals surface area contributed by atoms with Gasteiger partial charge in [-0.2, -0.15) is 0 Å². The first-order chi connectivity index (χ1) is 16.0. The number of esters is 1. The van der Waals surface area contributed by atoms with Crippen molar-refractivity contribution in [2.45, 2.75) is 19.9 Å². The Morgan fingerprint density at radius 1 is 0.788 bits per heavy atom. The fourth-order valence-corrected chi connectivity index (χ4v) is 2.97. The molecule has 0 aliphatic rings. The van der Waals surface area contributed by atoms with Crippen molar-refractivity contribution >= 4 is 29.2 Å². The molecule has 3 aromatic rings. The highest BCUT2D eigenvalue weighted by Crippen LogP contribution is 2.12. The first-order valence-electron chi connectivity index (χ1n) is 10.8. The molecule has 170 valence electrons. The van der Waals surface area contributed by atoms with E-state index in [9.17, 15) is 14.4 Å². The lowest BCUT2D eigenvalue weighted by Gasteiger charge is -2.10. The van der Waals surface area contributed by atoms with Gasteiger partial charge < -0.3 is 20.7 Å². The van der Waals surface area contributed by atoms with Crippen LogP contribution in [0.25, 0.3) is 0 Å². The van der Waals surface area contributed by atoms with Crippen LogP contribution >= 0.6 is 0 Å². The van der Waals surface area contributed by atoms with Crippen molar-refractivity contribution in [2.75, 3.05) is 23.8 Å². The Morgan fingerprint density at radius 3 is 2.09 bits per heavy atom. The van der Waals surface area contributed by atoms with Crippen molar-refractivity contribution in [3.63, 3.8) is 0 Å². The number of nitrogens with one attached hydrogen (secondary N) is 3. The Balaban J connectivity index is 1.43. The van der Waals surface area contributed by atoms with Crippen LogP contribution in [-0.2, 0) is 16.1 Å². The van der Waals surface area contributed by atoms with E-state index in [4.69, 9.17) is 4.74 Å². The number of anilines is 2. The lowest BCUT2D eigenvalue weighted by atomic mass is 10.1. The molecule has 0 saturated heterocycles. The Hall–Kier alpha value is -4.13. The van der Waals surface area contributed by atoms with Gasteiger partial charge in [0.1, 0.15) is 0 Å². The summed E-state index contributed by atoms with van der Waals surface area (Å²) >= 11 is 0. The average molecular weight is 446 g/mol. The monoisotopic (exact) mass is 445 g/mol. The van der Waals surface area contributed by atoms with Gasteiger partial charge in [-0.15, -0.1) is 0 Å². The molecular formula is C26H27N3O4. The minimum absolute atomic E-state index is 0.0545. The zero-order valence-electron chi connectivity index (χ0n) is 18.5. The quantitative estimate of drug-likeness (QED) is 0.406. The number of benzene rings is 3. The van der Waals surface area contributed by atoms with Gasteiger partial charge >= 0.3 is 5.97 Å². The van der Waals surface area contributed by atoms with E-state index in [2.05, 4.69) is 16.0 Å². The molecule has 7 nitrogen and oxygen atoms in total. The third-order valence-corrected chi connectivity index (χ3v) is 4.74. The number of carbonyl (C=O) groups is 3. The lowest BCUT2D eigenvalue weighted by molar-refractivity contribution is -0.114. The summed E-state index contributed by atoms with van der Waals surface area (Å²) in [5, 5.41) is 8.66. The number of amides is 2. The predicted octanol–water partition coefficient (Wildman–Crippen LogP) is 4.23. The molecule has 2 amide bonds. The van der Waals surface area contributed by atoms with Gasteiger partial charge in [-0.25, -0.2) is 4.79 Å². The van der Waals surface area contributed by atoms with E-state index in [0.717, 1.165) is 12.0 Å². The second kappa shape index (κ2) is 12.0. The molecule has 0 aliphatic carbocycles. The highest BCUT2D eigenvalue weighted by Gasteiger charge is 2.08. The van der Waals surface area contributed by atoms with E-state index in [-0.39, 0.29) is 24.3 Å². The number of carbonyl (C=O) groups excluding carboxylic acids is 3. The van der Waals surface area contributed by atoms with E-state index >= 15 is 0 Å². The molecule has 0 unspecified atom stereocenters. The van der Waals surface area contributed by atoms with Crippen LogP contribution in [0.5, 0.6) is 0 Å². The number of hydrogen-bond donors (Lipinski definition) is 3. The Morgan fingerprint density at radius 2 is 1.42 bits per heavy atom. The molecule has 0 aliphatic heterocycles. The van der Waals surface area contributed by atoms with Crippen LogP contribution in [0.2, 0.25) is 0 Å². The number of ether oxygens (including phenoxy) is 1. The molecule has 7 heteroatoms. The molecule has 33 heavy (non-hydrogen) atoms. The van der Waals surface area contributed by atoms with E-state index < -0.39 is 0 Å². The fourth-order valence-electron chi connectivity index (χ4n) is 2.97. The molecule has 0 atom stereocenters. The zero-order chi connectivity index (χ0) is 23.5. The summed E-state index contributed by atoms with van der Waals surface area (Å²) in [6.45, 7) is 2.83. The Bertz CT molecular complexity index is 1060. The molecule has 0 spiro atoms. The van der Waals surface area contributed by atoms with E-state index in [1.54, 1.807) is 48.5 Å². The summed E-state index contributed by atoms with van der Waals surface area (Å²) in [5.41, 5.74) is 3.30. The van der Waals surface area contributed by atoms with Gasteiger partial charge in [-0.3, -0.25) is 9.59 Å². The Labute approximate surface area is 193 Å². The largest absolute Gasteiger partial charge is 0.462 e. The summed E-state index contributed by atoms with van der Waals surface area (Å²) in [7, 11) is 0. The van der Waals surface area contributed by atoms with Gasteiger partial charge in [0, 0.05) is 23.5 Å². The van der Waals surface area contributed by atoms with Crippen molar-refractivity contribution in [3.05, 3.63) is 95.6 Å². The molecule has 3 aromatic carbocycles. The van der Waals surface area contributed by atoms with Gasteiger partial charge in [0.15, 0.2) is 0 Å². The van der Waals surface area contributed by atoms with Gasteiger partial charge in [-0.05, 0) is 60.5 Å². The molecular weight excluding hydrogens is 418 g/mol. The topological polar surface area (TPSA) is 96.5 Å². The van der Waals surface area contributed by atoms with Gasteiger partial charge in [-0.1, -0.05) is 37.3 Å². The first-order valence-corrected chi connectivity index (χ1v) is 10.8. The Kier molecular flexibility index (Phi) is 8.59. The lowest BCUT2D eigenvalue weighted by Crippen LogP contribution is -2.23. The third kappa shape index (κ3) is 7.50. The van der Waals surface area contributed by atoms with Crippen molar-refractivity contribution in [2.24, 2.45) is 0 Å². The van der Waals surface area contributed by atoms with Crippen LogP contribution in [0.4, 0.5) is 11.4 Å². The zero-order valence-corrected chi connectivity index (χ0v) is 18.5. The molecule has 0 fully saturated rings. The number of hydrogen-bond acceptors (Lipinski definition) is 5. The van der Waals surface area contributed by atoms with Crippen molar-refractivity contribution in [1.29, 1.82) is 0 Å². The first kappa shape index (κ1) is 23.5. The van der Waals surface area contributed by atoms with Crippen LogP contribution in [0, 0.1) is 0 Å². The van der Waals surface area contributed by atoms with E-state index in [1.165, 1.54) is 0 Å². The minimum atomic E-state index is -0.363. The van der Waals surface area contributed by atoms with E-state index in [0.29, 0.717) is 35.7 Å². The molecule has 0 radical (unpaired) electrons. The van der Waals surface area contributed by atoms with Crippen LogP contribution < -0.4 is 16.0 Å². The highest BCUT2D eigenvalue weighted by atomic mass is 16.5. The van der Waals surface area contributed by atoms with Gasteiger partial charge in [0.25, 0.3) is 5.91 Å². The molecule has 3 N–H and O–H groups in total. The molecule has 3 rings (SSSR count). The standard InChI is InChI=1S/C26H27N3O4/c1-2-16-33-26(32)21-10-12-22(13-11-21)27-18-24(30)29-23-14-8-20(9-15-23)25(31)28-17-19-6-4-3-5-7-19/h3-15,27H,2,16-18H2,1H3,(H,28,31)(H,29,30). The second-order valence-electron chi connectivity index (χ2n) is 7.36. The highest BCUT2D eigenvalue weighted by molar-refractivity contribution is 5.96. The molecule has 0 saturated carbocycles. The summed E-state index contributed by atoms with van der Waals surface area (Å²) in [6, 6.07) is 23.1. The minimum Gasteiger partial charge on any atom is -0.462 e. The summed E-state index contributed by atoms with van der Waals surface area (Å²) in [4.78, 5) is 36.3. The van der Waals surface area contributed by atoms with Gasteiger partial charge in [0.05, 0.1) is 18.7 Å². The van der Waals surface area contributed by atoms with Crippen LogP contribution in [0.1, 0.15) is 39.6 Å². The maximum absolute atomic E-state index is 12.3. The maximum atomic E-state index is 12.3. The normalized spacial score (nSPS) is 10.2. The summed E-state index contributed by atoms with van der Waals surface area (Å²) < 4.78 is 5.09. The van der Waals surface area contributed by atoms with Crippen molar-refractivity contribution in [1.82, 2.24) is 5.32 Å². The smallest absolute Gasteiger partial charge is 0.338 e. The third-order valence-electron chi connectivity index (χ3n) is 4.74. The predicted molar refractivity (Wildman–Crippen MR) is 128 cm³/mol. The second-order valence-corrected chi connectivity index (χ2v) is 7.36.